The van der Waals surface area contributed by atoms with Gasteiger partial charge >= 0.3 is 0 Å². The van der Waals surface area contributed by atoms with E-state index in [2.05, 4.69) is 40.2 Å². The van der Waals surface area contributed by atoms with Gasteiger partial charge in [0.25, 0.3) is 0 Å². The van der Waals surface area contributed by atoms with E-state index in [1.54, 1.807) is 0 Å². The highest BCUT2D eigenvalue weighted by molar-refractivity contribution is 7.09. The Hall–Kier alpha value is -0.900. The number of rotatable bonds is 2. The molecule has 0 bridgehead atoms. The second-order valence-electron chi connectivity index (χ2n) is 4.48. The maximum atomic E-state index is 4.45. The lowest BCUT2D eigenvalue weighted by molar-refractivity contribution is 0.279. The van der Waals surface area contributed by atoms with E-state index >= 15 is 0 Å². The van der Waals surface area contributed by atoms with Crippen LogP contribution < -0.4 is 0 Å². The number of hydrogen-bond donors (Lipinski definition) is 0. The molecule has 18 heavy (non-hydrogen) atoms. The first kappa shape index (κ1) is 13.5. The summed E-state index contributed by atoms with van der Waals surface area (Å²) in [4.78, 5) is 8.47. The standard InChI is InChI=1S/C14H16N2S.ClH/c1-2-4-12(5-3-1)10-16-8-6-13-14(7-9-16)17-11-15-13;/h1-5,11H,6-10H2;1H. The van der Waals surface area contributed by atoms with Crippen molar-refractivity contribution in [1.29, 1.82) is 0 Å². The Balaban J connectivity index is 0.00000120. The van der Waals surface area contributed by atoms with Crippen LogP contribution in [0.25, 0.3) is 0 Å². The van der Waals surface area contributed by atoms with Crippen molar-refractivity contribution in [3.63, 3.8) is 0 Å². The Labute approximate surface area is 118 Å². The SMILES string of the molecule is Cl.c1ccc(CN2CCc3ncsc3CC2)cc1. The fourth-order valence-electron chi connectivity index (χ4n) is 2.34. The maximum absolute atomic E-state index is 4.45. The minimum Gasteiger partial charge on any atom is -0.298 e. The summed E-state index contributed by atoms with van der Waals surface area (Å²) in [6.45, 7) is 3.35. The van der Waals surface area contributed by atoms with Crippen molar-refractivity contribution >= 4 is 23.7 Å². The van der Waals surface area contributed by atoms with E-state index in [0.29, 0.717) is 0 Å². The van der Waals surface area contributed by atoms with Crippen LogP contribution >= 0.6 is 23.7 Å². The lowest BCUT2D eigenvalue weighted by Crippen LogP contribution is -2.25. The van der Waals surface area contributed by atoms with Gasteiger partial charge in [-0.2, -0.15) is 0 Å². The molecule has 0 amide bonds. The van der Waals surface area contributed by atoms with E-state index in [1.165, 1.54) is 16.1 Å². The van der Waals surface area contributed by atoms with Crippen LogP contribution in [0.1, 0.15) is 16.1 Å². The van der Waals surface area contributed by atoms with Crippen LogP contribution in [0.15, 0.2) is 35.8 Å². The van der Waals surface area contributed by atoms with E-state index in [-0.39, 0.29) is 12.4 Å². The molecule has 2 nitrogen and oxygen atoms in total. The molecule has 2 heterocycles. The molecular weight excluding hydrogens is 264 g/mol. The van der Waals surface area contributed by atoms with E-state index in [1.807, 2.05) is 16.8 Å². The van der Waals surface area contributed by atoms with Gasteiger partial charge in [0, 0.05) is 30.9 Å². The number of nitrogens with zero attached hydrogens (tertiary/aromatic N) is 2. The molecule has 0 saturated carbocycles. The molecule has 1 aromatic carbocycles. The van der Waals surface area contributed by atoms with Gasteiger partial charge in [-0.3, -0.25) is 4.90 Å². The van der Waals surface area contributed by atoms with E-state index < -0.39 is 0 Å². The highest BCUT2D eigenvalue weighted by atomic mass is 35.5. The number of hydrogen-bond acceptors (Lipinski definition) is 3. The predicted octanol–water partition coefficient (Wildman–Crippen LogP) is 3.17. The molecular formula is C14H17ClN2S. The zero-order chi connectivity index (χ0) is 11.5. The molecule has 0 fully saturated rings. The van der Waals surface area contributed by atoms with Gasteiger partial charge in [0.2, 0.25) is 0 Å². The van der Waals surface area contributed by atoms with Crippen molar-refractivity contribution in [1.82, 2.24) is 9.88 Å². The monoisotopic (exact) mass is 280 g/mol. The molecule has 0 N–H and O–H groups in total. The van der Waals surface area contributed by atoms with Crippen molar-refractivity contribution in [3.05, 3.63) is 52.0 Å². The maximum Gasteiger partial charge on any atom is 0.0797 e. The van der Waals surface area contributed by atoms with E-state index in [4.69, 9.17) is 0 Å². The third kappa shape index (κ3) is 3.10. The molecule has 3 rings (SSSR count). The van der Waals surface area contributed by atoms with E-state index in [9.17, 15) is 0 Å². The lowest BCUT2D eigenvalue weighted by Gasteiger charge is -2.19. The minimum atomic E-state index is 0. The highest BCUT2D eigenvalue weighted by Gasteiger charge is 2.15. The molecule has 1 aliphatic heterocycles. The topological polar surface area (TPSA) is 16.1 Å². The average Bonchev–Trinajstić information content (AvgIpc) is 2.74. The first-order valence-electron chi connectivity index (χ1n) is 6.09. The molecule has 0 unspecified atom stereocenters. The van der Waals surface area contributed by atoms with Crippen LogP contribution in [0, 0.1) is 0 Å². The Kier molecular flexibility index (Phi) is 4.75. The fourth-order valence-corrected chi connectivity index (χ4v) is 3.14. The number of aromatic nitrogens is 1. The van der Waals surface area contributed by atoms with Crippen LogP contribution in [-0.4, -0.2) is 23.0 Å². The van der Waals surface area contributed by atoms with Crippen LogP contribution in [0.5, 0.6) is 0 Å². The largest absolute Gasteiger partial charge is 0.298 e. The summed E-state index contributed by atoms with van der Waals surface area (Å²) in [5.74, 6) is 0. The summed E-state index contributed by atoms with van der Waals surface area (Å²) in [6.07, 6.45) is 2.26. The van der Waals surface area contributed by atoms with Gasteiger partial charge in [-0.25, -0.2) is 4.98 Å². The zero-order valence-corrected chi connectivity index (χ0v) is 11.8. The van der Waals surface area contributed by atoms with Crippen LogP contribution in [-0.2, 0) is 19.4 Å². The zero-order valence-electron chi connectivity index (χ0n) is 10.2. The fraction of sp³-hybridized carbons (Fsp3) is 0.357. The first-order valence-corrected chi connectivity index (χ1v) is 6.97. The molecule has 0 aliphatic carbocycles. The number of fused-ring (bicyclic) bond motifs is 1. The van der Waals surface area contributed by atoms with Gasteiger partial charge in [0.15, 0.2) is 0 Å². The van der Waals surface area contributed by atoms with Gasteiger partial charge in [-0.1, -0.05) is 30.3 Å². The summed E-state index contributed by atoms with van der Waals surface area (Å²) in [5, 5.41) is 0. The lowest BCUT2D eigenvalue weighted by atomic mass is 10.2. The molecule has 0 spiro atoms. The van der Waals surface area contributed by atoms with Crippen LogP contribution in [0.3, 0.4) is 0 Å². The van der Waals surface area contributed by atoms with Crippen molar-refractivity contribution in [2.24, 2.45) is 0 Å². The number of halogens is 1. The number of thiazole rings is 1. The molecule has 96 valence electrons. The molecule has 0 atom stereocenters. The van der Waals surface area contributed by atoms with Crippen molar-refractivity contribution in [2.75, 3.05) is 13.1 Å². The summed E-state index contributed by atoms with van der Waals surface area (Å²) < 4.78 is 0. The quantitative estimate of drug-likeness (QED) is 0.840. The third-order valence-electron chi connectivity index (χ3n) is 3.29. The summed E-state index contributed by atoms with van der Waals surface area (Å²) in [7, 11) is 0. The highest BCUT2D eigenvalue weighted by Crippen LogP contribution is 2.19. The first-order chi connectivity index (χ1) is 8.42. The van der Waals surface area contributed by atoms with Gasteiger partial charge in [0.1, 0.15) is 0 Å². The smallest absolute Gasteiger partial charge is 0.0797 e. The van der Waals surface area contributed by atoms with Gasteiger partial charge in [-0.15, -0.1) is 23.7 Å². The molecule has 0 radical (unpaired) electrons. The second kappa shape index (κ2) is 6.32. The van der Waals surface area contributed by atoms with E-state index in [0.717, 1.165) is 32.5 Å². The van der Waals surface area contributed by atoms with Gasteiger partial charge < -0.3 is 0 Å². The number of benzene rings is 1. The van der Waals surface area contributed by atoms with Gasteiger partial charge in [-0.05, 0) is 12.0 Å². The molecule has 0 saturated heterocycles. The average molecular weight is 281 g/mol. The molecule has 2 aromatic rings. The molecule has 4 heteroatoms. The Morgan fingerprint density at radius 1 is 1.11 bits per heavy atom. The summed E-state index contributed by atoms with van der Waals surface area (Å²) >= 11 is 1.81. The normalized spacial score (nSPS) is 15.6. The van der Waals surface area contributed by atoms with Crippen LogP contribution in [0.4, 0.5) is 0 Å². The summed E-state index contributed by atoms with van der Waals surface area (Å²) in [5.41, 5.74) is 4.72. The van der Waals surface area contributed by atoms with Crippen LogP contribution in [0.2, 0.25) is 0 Å². The van der Waals surface area contributed by atoms with Gasteiger partial charge in [0.05, 0.1) is 11.2 Å². The Bertz CT molecular complexity index is 461. The Morgan fingerprint density at radius 2 is 1.89 bits per heavy atom. The molecule has 1 aromatic heterocycles. The summed E-state index contributed by atoms with van der Waals surface area (Å²) in [6, 6.07) is 10.7. The predicted molar refractivity (Wildman–Crippen MR) is 78.5 cm³/mol. The van der Waals surface area contributed by atoms with Crippen molar-refractivity contribution in [3.8, 4) is 0 Å². The third-order valence-corrected chi connectivity index (χ3v) is 4.23. The van der Waals surface area contributed by atoms with Crippen molar-refractivity contribution < 1.29 is 0 Å². The Morgan fingerprint density at radius 3 is 2.72 bits per heavy atom. The molecule has 1 aliphatic rings. The second-order valence-corrected chi connectivity index (χ2v) is 5.42. The minimum absolute atomic E-state index is 0. The van der Waals surface area contributed by atoms with Crippen molar-refractivity contribution in [2.45, 2.75) is 19.4 Å².